The van der Waals surface area contributed by atoms with Gasteiger partial charge >= 0.3 is 0 Å². The Labute approximate surface area is 102 Å². The second-order valence-corrected chi connectivity index (χ2v) is 5.05. The van der Waals surface area contributed by atoms with E-state index in [0.29, 0.717) is 18.0 Å². The fourth-order valence-electron chi connectivity index (χ4n) is 1.78. The largest absolute Gasteiger partial charge is 0.380 e. The average molecular weight is 230 g/mol. The molecule has 0 aromatic rings. The third kappa shape index (κ3) is 7.20. The Kier molecular flexibility index (Phi) is 8.90. The van der Waals surface area contributed by atoms with Crippen molar-refractivity contribution in [2.24, 2.45) is 5.92 Å². The lowest BCUT2D eigenvalue weighted by Crippen LogP contribution is -2.46. The average Bonchev–Trinajstić information content (AvgIpc) is 2.17. The molecular formula is C13H30N2O. The maximum atomic E-state index is 5.40. The Morgan fingerprint density at radius 2 is 1.81 bits per heavy atom. The third-order valence-corrected chi connectivity index (χ3v) is 2.86. The zero-order chi connectivity index (χ0) is 12.6. The van der Waals surface area contributed by atoms with Gasteiger partial charge in [-0.2, -0.15) is 0 Å². The highest BCUT2D eigenvalue weighted by Gasteiger charge is 2.18. The lowest BCUT2D eigenvalue weighted by molar-refractivity contribution is 0.0950. The number of rotatable bonds is 9. The van der Waals surface area contributed by atoms with E-state index >= 15 is 0 Å². The van der Waals surface area contributed by atoms with E-state index in [0.717, 1.165) is 26.3 Å². The van der Waals surface area contributed by atoms with Crippen LogP contribution in [0.5, 0.6) is 0 Å². The molecule has 1 atom stereocenters. The Morgan fingerprint density at radius 3 is 2.25 bits per heavy atom. The van der Waals surface area contributed by atoms with E-state index in [1.807, 2.05) is 6.92 Å². The van der Waals surface area contributed by atoms with Gasteiger partial charge in [0.05, 0.1) is 6.61 Å². The van der Waals surface area contributed by atoms with Gasteiger partial charge in [-0.15, -0.1) is 0 Å². The van der Waals surface area contributed by atoms with Gasteiger partial charge in [-0.1, -0.05) is 27.7 Å². The maximum absolute atomic E-state index is 5.40. The first-order chi connectivity index (χ1) is 7.49. The van der Waals surface area contributed by atoms with Crippen molar-refractivity contribution in [1.82, 2.24) is 10.2 Å². The van der Waals surface area contributed by atoms with Crippen molar-refractivity contribution in [3.8, 4) is 0 Å². The Balaban J connectivity index is 3.98. The summed E-state index contributed by atoms with van der Waals surface area (Å²) in [5.41, 5.74) is 0. The van der Waals surface area contributed by atoms with Crippen LogP contribution in [0.2, 0.25) is 0 Å². The highest BCUT2D eigenvalue weighted by Crippen LogP contribution is 2.08. The summed E-state index contributed by atoms with van der Waals surface area (Å²) in [4.78, 5) is 2.40. The summed E-state index contributed by atoms with van der Waals surface area (Å²) in [5.74, 6) is 0.665. The second-order valence-electron chi connectivity index (χ2n) is 5.05. The molecule has 0 fully saturated rings. The third-order valence-electron chi connectivity index (χ3n) is 2.86. The molecule has 0 bridgehead atoms. The molecule has 3 nitrogen and oxygen atoms in total. The molecule has 0 aromatic carbocycles. The first kappa shape index (κ1) is 15.9. The van der Waals surface area contributed by atoms with Crippen LogP contribution in [0.3, 0.4) is 0 Å². The van der Waals surface area contributed by atoms with Gasteiger partial charge in [0.1, 0.15) is 0 Å². The van der Waals surface area contributed by atoms with Crippen molar-refractivity contribution in [2.75, 3.05) is 33.4 Å². The summed E-state index contributed by atoms with van der Waals surface area (Å²) in [6, 6.07) is 1.14. The summed E-state index contributed by atoms with van der Waals surface area (Å²) < 4.78 is 5.40. The van der Waals surface area contributed by atoms with Gasteiger partial charge in [-0.25, -0.2) is 0 Å². The molecule has 0 aliphatic heterocycles. The Morgan fingerprint density at radius 1 is 1.19 bits per heavy atom. The highest BCUT2D eigenvalue weighted by atomic mass is 16.5. The topological polar surface area (TPSA) is 24.5 Å². The molecule has 0 amide bonds. The van der Waals surface area contributed by atoms with E-state index in [4.69, 9.17) is 4.74 Å². The lowest BCUT2D eigenvalue weighted by atomic mass is 10.0. The minimum absolute atomic E-state index is 0.557. The molecule has 98 valence electrons. The van der Waals surface area contributed by atoms with Gasteiger partial charge in [0.2, 0.25) is 0 Å². The normalized spacial score (nSPS) is 14.1. The molecule has 0 radical (unpaired) electrons. The predicted octanol–water partition coefficient (Wildman–Crippen LogP) is 1.98. The first-order valence-corrected chi connectivity index (χ1v) is 6.50. The molecule has 16 heavy (non-hydrogen) atoms. The molecular weight excluding hydrogens is 200 g/mol. The summed E-state index contributed by atoms with van der Waals surface area (Å²) in [5, 5.41) is 3.52. The fourth-order valence-corrected chi connectivity index (χ4v) is 1.78. The Bertz CT molecular complexity index is 160. The van der Waals surface area contributed by atoms with Crippen LogP contribution in [0, 0.1) is 5.92 Å². The number of nitrogens with zero attached hydrogens (tertiary/aromatic N) is 1. The van der Waals surface area contributed by atoms with Gasteiger partial charge in [0, 0.05) is 31.8 Å². The quantitative estimate of drug-likeness (QED) is 0.613. The molecule has 1 unspecified atom stereocenters. The van der Waals surface area contributed by atoms with E-state index in [1.54, 1.807) is 0 Å². The number of ether oxygens (including phenoxy) is 1. The fraction of sp³-hybridized carbons (Fsp3) is 1.00. The van der Waals surface area contributed by atoms with Crippen molar-refractivity contribution in [2.45, 2.75) is 46.7 Å². The minimum Gasteiger partial charge on any atom is -0.380 e. The summed E-state index contributed by atoms with van der Waals surface area (Å²) in [6.07, 6.45) is 0. The molecule has 0 aliphatic carbocycles. The number of hydrogen-bond donors (Lipinski definition) is 1. The first-order valence-electron chi connectivity index (χ1n) is 6.50. The van der Waals surface area contributed by atoms with Crippen LogP contribution in [0.25, 0.3) is 0 Å². The van der Waals surface area contributed by atoms with E-state index in [-0.39, 0.29) is 0 Å². The molecule has 0 spiro atoms. The van der Waals surface area contributed by atoms with Crippen LogP contribution in [-0.2, 0) is 4.74 Å². The summed E-state index contributed by atoms with van der Waals surface area (Å²) >= 11 is 0. The second kappa shape index (κ2) is 8.97. The van der Waals surface area contributed by atoms with Gasteiger partial charge < -0.3 is 10.1 Å². The van der Waals surface area contributed by atoms with Crippen LogP contribution in [-0.4, -0.2) is 50.3 Å². The van der Waals surface area contributed by atoms with Gasteiger partial charge in [0.15, 0.2) is 0 Å². The molecule has 3 heteroatoms. The van der Waals surface area contributed by atoms with Gasteiger partial charge in [-0.3, -0.25) is 4.90 Å². The molecule has 1 N–H and O–H groups in total. The predicted molar refractivity (Wildman–Crippen MR) is 70.9 cm³/mol. The zero-order valence-corrected chi connectivity index (χ0v) is 11.9. The minimum atomic E-state index is 0.557. The van der Waals surface area contributed by atoms with Gasteiger partial charge in [-0.05, 0) is 19.9 Å². The van der Waals surface area contributed by atoms with Crippen molar-refractivity contribution in [1.29, 1.82) is 0 Å². The molecule has 0 aliphatic rings. The lowest BCUT2D eigenvalue weighted by Gasteiger charge is -2.32. The van der Waals surface area contributed by atoms with Crippen LogP contribution < -0.4 is 5.32 Å². The SMILES string of the molecule is CCOCCN(C)C(CNC(C)C)C(C)C. The Hall–Kier alpha value is -0.120. The van der Waals surface area contributed by atoms with Gasteiger partial charge in [0.25, 0.3) is 0 Å². The number of nitrogens with one attached hydrogen (secondary N) is 1. The zero-order valence-electron chi connectivity index (χ0n) is 11.9. The van der Waals surface area contributed by atoms with E-state index in [9.17, 15) is 0 Å². The van der Waals surface area contributed by atoms with E-state index in [1.165, 1.54) is 0 Å². The van der Waals surface area contributed by atoms with Crippen LogP contribution in [0.4, 0.5) is 0 Å². The molecule has 0 saturated carbocycles. The van der Waals surface area contributed by atoms with Crippen LogP contribution in [0.15, 0.2) is 0 Å². The number of likely N-dealkylation sites (N-methyl/N-ethyl adjacent to an activating group) is 1. The summed E-state index contributed by atoms with van der Waals surface area (Å²) in [6.45, 7) is 14.7. The monoisotopic (exact) mass is 230 g/mol. The van der Waals surface area contributed by atoms with E-state index in [2.05, 4.69) is 45.0 Å². The van der Waals surface area contributed by atoms with Crippen molar-refractivity contribution in [3.05, 3.63) is 0 Å². The van der Waals surface area contributed by atoms with Crippen molar-refractivity contribution >= 4 is 0 Å². The van der Waals surface area contributed by atoms with E-state index < -0.39 is 0 Å². The smallest absolute Gasteiger partial charge is 0.0593 e. The highest BCUT2D eigenvalue weighted by molar-refractivity contribution is 4.75. The molecule has 0 rings (SSSR count). The molecule has 0 saturated heterocycles. The van der Waals surface area contributed by atoms with Crippen LogP contribution >= 0.6 is 0 Å². The molecule has 0 heterocycles. The number of hydrogen-bond acceptors (Lipinski definition) is 3. The maximum Gasteiger partial charge on any atom is 0.0593 e. The van der Waals surface area contributed by atoms with Crippen molar-refractivity contribution < 1.29 is 4.74 Å². The standard InChI is InChI=1S/C13H30N2O/c1-7-16-9-8-15(6)13(11(2)3)10-14-12(4)5/h11-14H,7-10H2,1-6H3. The molecule has 0 aromatic heterocycles. The van der Waals surface area contributed by atoms with Crippen molar-refractivity contribution in [3.63, 3.8) is 0 Å². The summed E-state index contributed by atoms with van der Waals surface area (Å²) in [7, 11) is 2.19. The van der Waals surface area contributed by atoms with Crippen LogP contribution in [0.1, 0.15) is 34.6 Å².